The van der Waals surface area contributed by atoms with Crippen molar-refractivity contribution < 1.29 is 4.79 Å². The van der Waals surface area contributed by atoms with E-state index in [0.29, 0.717) is 16.5 Å². The van der Waals surface area contributed by atoms with Gasteiger partial charge in [0.25, 0.3) is 5.91 Å². The predicted octanol–water partition coefficient (Wildman–Crippen LogP) is 2.75. The summed E-state index contributed by atoms with van der Waals surface area (Å²) in [6.07, 6.45) is 2.47. The molecule has 5 heteroatoms. The Balaban J connectivity index is 2.78. The van der Waals surface area contributed by atoms with Gasteiger partial charge in [0.2, 0.25) is 0 Å². The van der Waals surface area contributed by atoms with Crippen LogP contribution in [-0.4, -0.2) is 42.5 Å². The maximum atomic E-state index is 12.3. The molecule has 1 aromatic rings. The fourth-order valence-electron chi connectivity index (χ4n) is 2.15. The molecule has 112 valence electrons. The highest BCUT2D eigenvalue weighted by Crippen LogP contribution is 2.16. The lowest BCUT2D eigenvalue weighted by molar-refractivity contribution is 0.0924. The average molecular weight is 298 g/mol. The Labute approximate surface area is 126 Å². The molecule has 0 bridgehead atoms. The summed E-state index contributed by atoms with van der Waals surface area (Å²) in [6, 6.07) is 1.81. The van der Waals surface area contributed by atoms with E-state index in [9.17, 15) is 4.79 Å². The van der Waals surface area contributed by atoms with E-state index in [2.05, 4.69) is 29.0 Å². The summed E-state index contributed by atoms with van der Waals surface area (Å²) in [7, 11) is 4.00. The third-order valence-electron chi connectivity index (χ3n) is 2.91. The smallest absolute Gasteiger partial charge is 0.254 e. The van der Waals surface area contributed by atoms with Crippen LogP contribution in [0.3, 0.4) is 0 Å². The molecular formula is C15H24ClN3O. The normalized spacial score (nSPS) is 12.8. The second kappa shape index (κ2) is 7.60. The number of halogens is 1. The molecule has 1 unspecified atom stereocenters. The van der Waals surface area contributed by atoms with Crippen molar-refractivity contribution in [3.63, 3.8) is 0 Å². The molecule has 0 aromatic carbocycles. The minimum atomic E-state index is -0.157. The largest absolute Gasteiger partial charge is 0.348 e. The van der Waals surface area contributed by atoms with Crippen LogP contribution in [0, 0.1) is 12.8 Å². The van der Waals surface area contributed by atoms with Crippen LogP contribution in [0.15, 0.2) is 12.3 Å². The molecule has 1 heterocycles. The Kier molecular flexibility index (Phi) is 6.43. The van der Waals surface area contributed by atoms with Crippen LogP contribution in [0.1, 0.15) is 36.3 Å². The molecule has 0 saturated carbocycles. The SMILES string of the molecule is Cc1cc(Cl)c(C(=O)NC(CC(C)C)CN(C)C)cn1. The van der Waals surface area contributed by atoms with Gasteiger partial charge in [-0.05, 0) is 39.4 Å². The van der Waals surface area contributed by atoms with E-state index in [1.54, 1.807) is 6.07 Å². The van der Waals surface area contributed by atoms with Gasteiger partial charge in [0.1, 0.15) is 0 Å². The number of nitrogens with one attached hydrogen (secondary N) is 1. The van der Waals surface area contributed by atoms with Gasteiger partial charge >= 0.3 is 0 Å². The molecule has 0 aliphatic carbocycles. The summed E-state index contributed by atoms with van der Waals surface area (Å²) in [5.74, 6) is 0.363. The minimum absolute atomic E-state index is 0.106. The second-order valence-electron chi connectivity index (χ2n) is 5.87. The third kappa shape index (κ3) is 5.47. The van der Waals surface area contributed by atoms with E-state index in [1.165, 1.54) is 6.20 Å². The number of hydrogen-bond acceptors (Lipinski definition) is 3. The lowest BCUT2D eigenvalue weighted by atomic mass is 10.0. The van der Waals surface area contributed by atoms with Crippen molar-refractivity contribution in [1.29, 1.82) is 0 Å². The zero-order valence-electron chi connectivity index (χ0n) is 12.9. The molecule has 0 fully saturated rings. The van der Waals surface area contributed by atoms with E-state index < -0.39 is 0 Å². The molecule has 1 atom stereocenters. The van der Waals surface area contributed by atoms with Gasteiger partial charge in [-0.3, -0.25) is 9.78 Å². The molecule has 0 spiro atoms. The topological polar surface area (TPSA) is 45.2 Å². The Morgan fingerprint density at radius 3 is 2.60 bits per heavy atom. The summed E-state index contributed by atoms with van der Waals surface area (Å²) < 4.78 is 0. The molecule has 0 radical (unpaired) electrons. The predicted molar refractivity (Wildman–Crippen MR) is 83.2 cm³/mol. The van der Waals surface area contributed by atoms with Gasteiger partial charge in [-0.1, -0.05) is 25.4 Å². The molecule has 1 aromatic heterocycles. The third-order valence-corrected chi connectivity index (χ3v) is 3.22. The van der Waals surface area contributed by atoms with Gasteiger partial charge in [0.05, 0.1) is 10.6 Å². The summed E-state index contributed by atoms with van der Waals surface area (Å²) in [5, 5.41) is 3.50. The molecule has 1 rings (SSSR count). The van der Waals surface area contributed by atoms with Crippen LogP contribution in [0.4, 0.5) is 0 Å². The van der Waals surface area contributed by atoms with Gasteiger partial charge in [0, 0.05) is 24.5 Å². The number of nitrogens with zero attached hydrogens (tertiary/aromatic N) is 2. The first kappa shape index (κ1) is 16.9. The Hall–Kier alpha value is -1.13. The number of aryl methyl sites for hydroxylation is 1. The van der Waals surface area contributed by atoms with Gasteiger partial charge in [0.15, 0.2) is 0 Å². The lowest BCUT2D eigenvalue weighted by Gasteiger charge is -2.24. The molecule has 1 N–H and O–H groups in total. The molecule has 1 amide bonds. The fraction of sp³-hybridized carbons (Fsp3) is 0.600. The quantitative estimate of drug-likeness (QED) is 0.878. The Morgan fingerprint density at radius 1 is 1.45 bits per heavy atom. The number of rotatable bonds is 6. The van der Waals surface area contributed by atoms with Crippen LogP contribution in [0.2, 0.25) is 5.02 Å². The number of carbonyl (C=O) groups excluding carboxylic acids is 1. The fourth-order valence-corrected chi connectivity index (χ4v) is 2.44. The van der Waals surface area contributed by atoms with Crippen LogP contribution < -0.4 is 5.32 Å². The zero-order valence-corrected chi connectivity index (χ0v) is 13.7. The van der Waals surface area contributed by atoms with Crippen molar-refractivity contribution in [1.82, 2.24) is 15.2 Å². The van der Waals surface area contributed by atoms with E-state index in [0.717, 1.165) is 18.7 Å². The van der Waals surface area contributed by atoms with Crippen molar-refractivity contribution in [2.45, 2.75) is 33.2 Å². The molecule has 4 nitrogen and oxygen atoms in total. The van der Waals surface area contributed by atoms with Gasteiger partial charge in [-0.25, -0.2) is 0 Å². The van der Waals surface area contributed by atoms with Crippen LogP contribution in [-0.2, 0) is 0 Å². The molecular weight excluding hydrogens is 274 g/mol. The van der Waals surface area contributed by atoms with Crippen LogP contribution in [0.25, 0.3) is 0 Å². The minimum Gasteiger partial charge on any atom is -0.348 e. The number of pyridine rings is 1. The number of likely N-dealkylation sites (N-methyl/N-ethyl adjacent to an activating group) is 1. The number of amides is 1. The first-order valence-corrected chi connectivity index (χ1v) is 7.25. The second-order valence-corrected chi connectivity index (χ2v) is 6.27. The van der Waals surface area contributed by atoms with E-state index >= 15 is 0 Å². The first-order chi connectivity index (χ1) is 9.29. The van der Waals surface area contributed by atoms with Gasteiger partial charge < -0.3 is 10.2 Å². The maximum absolute atomic E-state index is 12.3. The lowest BCUT2D eigenvalue weighted by Crippen LogP contribution is -2.42. The number of carbonyl (C=O) groups is 1. The first-order valence-electron chi connectivity index (χ1n) is 6.87. The van der Waals surface area contributed by atoms with E-state index in [-0.39, 0.29) is 11.9 Å². The monoisotopic (exact) mass is 297 g/mol. The van der Waals surface area contributed by atoms with Crippen LogP contribution >= 0.6 is 11.6 Å². The van der Waals surface area contributed by atoms with Gasteiger partial charge in [-0.15, -0.1) is 0 Å². The summed E-state index contributed by atoms with van der Waals surface area (Å²) in [6.45, 7) is 6.95. The molecule has 20 heavy (non-hydrogen) atoms. The Morgan fingerprint density at radius 2 is 2.10 bits per heavy atom. The summed E-state index contributed by atoms with van der Waals surface area (Å²) in [5.41, 5.74) is 1.24. The maximum Gasteiger partial charge on any atom is 0.254 e. The van der Waals surface area contributed by atoms with Crippen molar-refractivity contribution in [3.05, 3.63) is 28.5 Å². The van der Waals surface area contributed by atoms with E-state index in [1.807, 2.05) is 21.0 Å². The van der Waals surface area contributed by atoms with Crippen molar-refractivity contribution >= 4 is 17.5 Å². The standard InChI is InChI=1S/C15H24ClN3O/c1-10(2)6-12(9-19(4)5)18-15(20)13-8-17-11(3)7-14(13)16/h7-8,10,12H,6,9H2,1-5H3,(H,18,20). The average Bonchev–Trinajstić information content (AvgIpc) is 2.26. The Bertz CT molecular complexity index is 450. The zero-order chi connectivity index (χ0) is 15.3. The van der Waals surface area contributed by atoms with Crippen molar-refractivity contribution in [3.8, 4) is 0 Å². The molecule has 0 aliphatic rings. The summed E-state index contributed by atoms with van der Waals surface area (Å²) >= 11 is 6.11. The number of aromatic nitrogens is 1. The van der Waals surface area contributed by atoms with Crippen molar-refractivity contribution in [2.24, 2.45) is 5.92 Å². The molecule has 0 aliphatic heterocycles. The molecule has 0 saturated heterocycles. The highest BCUT2D eigenvalue weighted by molar-refractivity contribution is 6.33. The number of hydrogen-bond donors (Lipinski definition) is 1. The summed E-state index contributed by atoms with van der Waals surface area (Å²) in [4.78, 5) is 18.5. The van der Waals surface area contributed by atoms with E-state index in [4.69, 9.17) is 11.6 Å². The van der Waals surface area contributed by atoms with Gasteiger partial charge in [-0.2, -0.15) is 0 Å². The van der Waals surface area contributed by atoms with Crippen LogP contribution in [0.5, 0.6) is 0 Å². The highest BCUT2D eigenvalue weighted by Gasteiger charge is 2.18. The van der Waals surface area contributed by atoms with Crippen molar-refractivity contribution in [2.75, 3.05) is 20.6 Å². The highest BCUT2D eigenvalue weighted by atomic mass is 35.5.